The number of rotatable bonds is 4. The number of hydrogen-bond donors (Lipinski definition) is 2. The van der Waals surface area contributed by atoms with Crippen molar-refractivity contribution in [3.8, 4) is 0 Å². The molecule has 0 amide bonds. The Hall–Kier alpha value is -1.04. The van der Waals surface area contributed by atoms with Gasteiger partial charge in [0.1, 0.15) is 11.0 Å². The van der Waals surface area contributed by atoms with Crippen LogP contribution in [-0.2, 0) is 0 Å². The molecule has 0 atom stereocenters. The van der Waals surface area contributed by atoms with E-state index in [1.54, 1.807) is 0 Å². The monoisotopic (exact) mass is 298 g/mol. The van der Waals surface area contributed by atoms with Gasteiger partial charge in [-0.25, -0.2) is 4.98 Å². The van der Waals surface area contributed by atoms with Gasteiger partial charge in [0.05, 0.1) is 12.1 Å². The molecule has 1 fully saturated rings. The number of nitrogens with zero attached hydrogens (tertiary/aromatic N) is 3. The summed E-state index contributed by atoms with van der Waals surface area (Å²) in [5.74, 6) is 0.700. The zero-order valence-electron chi connectivity index (χ0n) is 12.4. The van der Waals surface area contributed by atoms with Gasteiger partial charge < -0.3 is 20.2 Å². The second kappa shape index (κ2) is 6.16. The molecule has 0 unspecified atom stereocenters. The number of halogens is 1. The highest BCUT2D eigenvalue weighted by Gasteiger charge is 2.19. The minimum Gasteiger partial charge on any atom is -0.394 e. The molecule has 0 bridgehead atoms. The van der Waals surface area contributed by atoms with E-state index in [1.165, 1.54) is 0 Å². The molecule has 112 valence electrons. The van der Waals surface area contributed by atoms with Crippen LogP contribution >= 0.6 is 11.6 Å². The Morgan fingerprint density at radius 2 is 1.95 bits per heavy atom. The molecule has 1 aromatic rings. The summed E-state index contributed by atoms with van der Waals surface area (Å²) in [4.78, 5) is 8.91. The summed E-state index contributed by atoms with van der Waals surface area (Å²) in [7, 11) is 2.13. The molecule has 1 saturated heterocycles. The van der Waals surface area contributed by atoms with Gasteiger partial charge in [0, 0.05) is 37.9 Å². The van der Waals surface area contributed by atoms with Crippen LogP contribution in [0.25, 0.3) is 0 Å². The van der Waals surface area contributed by atoms with Crippen molar-refractivity contribution >= 4 is 23.1 Å². The molecule has 2 N–H and O–H groups in total. The van der Waals surface area contributed by atoms with Crippen molar-refractivity contribution in [3.05, 3.63) is 17.3 Å². The van der Waals surface area contributed by atoms with Crippen molar-refractivity contribution in [3.63, 3.8) is 0 Å². The summed E-state index contributed by atoms with van der Waals surface area (Å²) in [6.45, 7) is 7.94. The van der Waals surface area contributed by atoms with Crippen molar-refractivity contribution in [2.24, 2.45) is 0 Å². The van der Waals surface area contributed by atoms with Gasteiger partial charge >= 0.3 is 0 Å². The second-order valence-corrected chi connectivity index (χ2v) is 6.38. The normalized spacial score (nSPS) is 17.4. The summed E-state index contributed by atoms with van der Waals surface area (Å²) < 4.78 is 0. The maximum Gasteiger partial charge on any atom is 0.133 e. The van der Waals surface area contributed by atoms with Gasteiger partial charge in [-0.2, -0.15) is 0 Å². The van der Waals surface area contributed by atoms with E-state index >= 15 is 0 Å². The number of piperazine rings is 1. The number of pyridine rings is 1. The van der Waals surface area contributed by atoms with Crippen molar-refractivity contribution < 1.29 is 5.11 Å². The third-order valence-electron chi connectivity index (χ3n) is 3.51. The molecule has 1 aliphatic rings. The first-order chi connectivity index (χ1) is 9.39. The zero-order valence-corrected chi connectivity index (χ0v) is 13.1. The Labute approximate surface area is 125 Å². The highest BCUT2D eigenvalue weighted by atomic mass is 35.5. The van der Waals surface area contributed by atoms with Gasteiger partial charge in [0.15, 0.2) is 0 Å². The van der Waals surface area contributed by atoms with Crippen LogP contribution in [-0.4, -0.2) is 60.4 Å². The molecular formula is C14H23ClN4O. The third kappa shape index (κ3) is 3.98. The number of aromatic nitrogens is 1. The molecule has 6 heteroatoms. The largest absolute Gasteiger partial charge is 0.394 e. The predicted octanol–water partition coefficient (Wildman–Crippen LogP) is 1.67. The second-order valence-electron chi connectivity index (χ2n) is 5.99. The van der Waals surface area contributed by atoms with Crippen LogP contribution < -0.4 is 10.2 Å². The van der Waals surface area contributed by atoms with E-state index < -0.39 is 5.54 Å². The first kappa shape index (κ1) is 15.4. The van der Waals surface area contributed by atoms with Gasteiger partial charge in [-0.1, -0.05) is 11.6 Å². The van der Waals surface area contributed by atoms with Crippen LogP contribution in [0.5, 0.6) is 0 Å². The van der Waals surface area contributed by atoms with Gasteiger partial charge in [-0.15, -0.1) is 0 Å². The van der Waals surface area contributed by atoms with Crippen LogP contribution in [0.15, 0.2) is 12.1 Å². The quantitative estimate of drug-likeness (QED) is 0.828. The zero-order chi connectivity index (χ0) is 14.8. The minimum atomic E-state index is -0.420. The van der Waals surface area contributed by atoms with E-state index in [0.29, 0.717) is 11.0 Å². The van der Waals surface area contributed by atoms with Gasteiger partial charge in [0.25, 0.3) is 0 Å². The number of likely N-dealkylation sites (N-methyl/N-ethyl adjacent to an activating group) is 1. The first-order valence-electron chi connectivity index (χ1n) is 6.90. The highest BCUT2D eigenvalue weighted by molar-refractivity contribution is 6.29. The van der Waals surface area contributed by atoms with Crippen LogP contribution in [0.1, 0.15) is 13.8 Å². The molecule has 1 aromatic heterocycles. The lowest BCUT2D eigenvalue weighted by Crippen LogP contribution is -2.44. The van der Waals surface area contributed by atoms with E-state index in [2.05, 4.69) is 27.1 Å². The summed E-state index contributed by atoms with van der Waals surface area (Å²) in [5.41, 5.74) is 0.659. The first-order valence-corrected chi connectivity index (χ1v) is 7.27. The number of hydrogen-bond acceptors (Lipinski definition) is 5. The number of anilines is 2. The molecule has 20 heavy (non-hydrogen) atoms. The molecule has 0 spiro atoms. The molecule has 1 aliphatic heterocycles. The lowest BCUT2D eigenvalue weighted by atomic mass is 10.1. The summed E-state index contributed by atoms with van der Waals surface area (Å²) in [6, 6.07) is 3.89. The van der Waals surface area contributed by atoms with Crippen molar-refractivity contribution in [2.75, 3.05) is 50.1 Å². The number of aliphatic hydroxyl groups is 1. The molecule has 0 aromatic carbocycles. The SMILES string of the molecule is CN1CCN(c2cc(Cl)nc(NC(C)(C)CO)c2)CC1. The Balaban J connectivity index is 2.16. The average Bonchev–Trinajstić information content (AvgIpc) is 2.38. The smallest absolute Gasteiger partial charge is 0.133 e. The molecule has 0 aliphatic carbocycles. The molecule has 0 saturated carbocycles. The van der Waals surface area contributed by atoms with Crippen LogP contribution in [0.3, 0.4) is 0 Å². The summed E-state index contributed by atoms with van der Waals surface area (Å²) >= 11 is 6.12. The highest BCUT2D eigenvalue weighted by Crippen LogP contribution is 2.25. The average molecular weight is 299 g/mol. The van der Waals surface area contributed by atoms with Crippen LogP contribution in [0.4, 0.5) is 11.5 Å². The van der Waals surface area contributed by atoms with Crippen molar-refractivity contribution in [1.29, 1.82) is 0 Å². The lowest BCUT2D eigenvalue weighted by molar-refractivity contribution is 0.234. The maximum absolute atomic E-state index is 9.33. The molecule has 2 rings (SSSR count). The fourth-order valence-corrected chi connectivity index (χ4v) is 2.38. The molecule has 2 heterocycles. The fourth-order valence-electron chi connectivity index (χ4n) is 2.18. The fraction of sp³-hybridized carbons (Fsp3) is 0.643. The predicted molar refractivity (Wildman–Crippen MR) is 83.7 cm³/mol. The van der Waals surface area contributed by atoms with Crippen molar-refractivity contribution in [2.45, 2.75) is 19.4 Å². The number of nitrogens with one attached hydrogen (secondary N) is 1. The molecule has 0 radical (unpaired) electrons. The summed E-state index contributed by atoms with van der Waals surface area (Å²) in [6.07, 6.45) is 0. The minimum absolute atomic E-state index is 0.0328. The van der Waals surface area contributed by atoms with Crippen LogP contribution in [0.2, 0.25) is 5.15 Å². The standard InChI is InChI=1S/C14H23ClN4O/c1-14(2,10-20)17-13-9-11(8-12(15)16-13)19-6-4-18(3)5-7-19/h8-9,20H,4-7,10H2,1-3H3,(H,16,17). The maximum atomic E-state index is 9.33. The lowest BCUT2D eigenvalue weighted by Gasteiger charge is -2.34. The Bertz CT molecular complexity index is 458. The third-order valence-corrected chi connectivity index (χ3v) is 3.70. The molecular weight excluding hydrogens is 276 g/mol. The van der Waals surface area contributed by atoms with Gasteiger partial charge in [0.2, 0.25) is 0 Å². The van der Waals surface area contributed by atoms with E-state index in [-0.39, 0.29) is 6.61 Å². The van der Waals surface area contributed by atoms with Crippen LogP contribution in [0, 0.1) is 0 Å². The number of aliphatic hydroxyl groups excluding tert-OH is 1. The Morgan fingerprint density at radius 1 is 1.30 bits per heavy atom. The van der Waals surface area contributed by atoms with Crippen molar-refractivity contribution in [1.82, 2.24) is 9.88 Å². The Kier molecular flexibility index (Phi) is 4.73. The Morgan fingerprint density at radius 3 is 2.55 bits per heavy atom. The molecule has 5 nitrogen and oxygen atoms in total. The van der Waals surface area contributed by atoms with Gasteiger partial charge in [-0.3, -0.25) is 0 Å². The summed E-state index contributed by atoms with van der Waals surface area (Å²) in [5, 5.41) is 13.0. The van der Waals surface area contributed by atoms with E-state index in [4.69, 9.17) is 11.6 Å². The van der Waals surface area contributed by atoms with E-state index in [9.17, 15) is 5.11 Å². The van der Waals surface area contributed by atoms with E-state index in [1.807, 2.05) is 26.0 Å². The van der Waals surface area contributed by atoms with Gasteiger partial charge in [-0.05, 0) is 27.0 Å². The van der Waals surface area contributed by atoms with E-state index in [0.717, 1.165) is 31.9 Å². The topological polar surface area (TPSA) is 51.6 Å².